The molecule has 1 saturated heterocycles. The summed E-state index contributed by atoms with van der Waals surface area (Å²) >= 11 is 0. The molecule has 2 aromatic rings. The normalized spacial score (nSPS) is 18.6. The average molecular weight is 385 g/mol. The molecule has 2 aromatic carbocycles. The van der Waals surface area contributed by atoms with Gasteiger partial charge in [0.15, 0.2) is 6.10 Å². The Morgan fingerprint density at radius 1 is 1.04 bits per heavy atom. The number of carboxylic acid groups (broad SMARTS) is 1. The molecule has 0 aliphatic carbocycles. The van der Waals surface area contributed by atoms with E-state index < -0.39 is 18.2 Å². The van der Waals surface area contributed by atoms with E-state index in [0.29, 0.717) is 30.9 Å². The van der Waals surface area contributed by atoms with Crippen LogP contribution in [0.4, 0.5) is 5.69 Å². The zero-order valence-corrected chi connectivity index (χ0v) is 15.6. The molecule has 0 radical (unpaired) electrons. The molecule has 2 N–H and O–H groups in total. The van der Waals surface area contributed by atoms with E-state index in [-0.39, 0.29) is 5.91 Å². The molecule has 2 atom stereocenters. The summed E-state index contributed by atoms with van der Waals surface area (Å²) in [5, 5.41) is 11.7. The van der Waals surface area contributed by atoms with Crippen molar-refractivity contribution in [3.8, 4) is 11.5 Å². The van der Waals surface area contributed by atoms with Crippen molar-refractivity contribution in [3.05, 3.63) is 54.1 Å². The van der Waals surface area contributed by atoms with Crippen molar-refractivity contribution < 1.29 is 28.9 Å². The third-order valence-corrected chi connectivity index (χ3v) is 4.46. The SMILES string of the molecule is COCCc1ccc(Oc2ccc(NC(=O)[C@@H]3CC[C@H](C(=O)O)O3)cc2)cc1. The lowest BCUT2D eigenvalue weighted by Crippen LogP contribution is -2.29. The second-order valence-corrected chi connectivity index (χ2v) is 6.53. The van der Waals surface area contributed by atoms with Crippen LogP contribution < -0.4 is 10.1 Å². The monoisotopic (exact) mass is 385 g/mol. The third-order valence-electron chi connectivity index (χ3n) is 4.46. The summed E-state index contributed by atoms with van der Waals surface area (Å²) in [7, 11) is 1.68. The standard InChI is InChI=1S/C21H23NO6/c1-26-13-12-14-2-6-16(7-3-14)27-17-8-4-15(5-9-17)22-20(23)18-10-11-19(28-18)21(24)25/h2-9,18-19H,10-13H2,1H3,(H,22,23)(H,24,25)/t18-,19+/m0/s1. The summed E-state index contributed by atoms with van der Waals surface area (Å²) in [6.07, 6.45) is -0.0705. The summed E-state index contributed by atoms with van der Waals surface area (Å²) in [6, 6.07) is 14.7. The Labute approximate surface area is 163 Å². The Morgan fingerprint density at radius 3 is 2.21 bits per heavy atom. The van der Waals surface area contributed by atoms with E-state index in [9.17, 15) is 9.59 Å². The molecule has 0 unspecified atom stereocenters. The molecule has 0 saturated carbocycles. The van der Waals surface area contributed by atoms with Gasteiger partial charge in [0.05, 0.1) is 6.61 Å². The minimum absolute atomic E-state index is 0.338. The topological polar surface area (TPSA) is 94.1 Å². The molecule has 1 aliphatic rings. The quantitative estimate of drug-likeness (QED) is 0.725. The number of anilines is 1. The third kappa shape index (κ3) is 5.31. The lowest BCUT2D eigenvalue weighted by atomic mass is 10.1. The zero-order chi connectivity index (χ0) is 19.9. The van der Waals surface area contributed by atoms with Crippen molar-refractivity contribution >= 4 is 17.6 Å². The van der Waals surface area contributed by atoms with Crippen molar-refractivity contribution in [2.75, 3.05) is 19.0 Å². The fraction of sp³-hybridized carbons (Fsp3) is 0.333. The lowest BCUT2D eigenvalue weighted by Gasteiger charge is -2.12. The minimum atomic E-state index is -1.04. The number of rotatable bonds is 8. The summed E-state index contributed by atoms with van der Waals surface area (Å²) in [4.78, 5) is 23.1. The van der Waals surface area contributed by atoms with Crippen LogP contribution in [0.5, 0.6) is 11.5 Å². The van der Waals surface area contributed by atoms with Gasteiger partial charge in [-0.05, 0) is 61.2 Å². The van der Waals surface area contributed by atoms with Gasteiger partial charge in [0.25, 0.3) is 5.91 Å². The number of carboxylic acids is 1. The van der Waals surface area contributed by atoms with Crippen LogP contribution in [0.3, 0.4) is 0 Å². The maximum absolute atomic E-state index is 12.2. The highest BCUT2D eigenvalue weighted by Crippen LogP contribution is 2.25. The van der Waals surface area contributed by atoms with Gasteiger partial charge < -0.3 is 24.6 Å². The highest BCUT2D eigenvalue weighted by molar-refractivity contribution is 5.94. The molecule has 1 aliphatic heterocycles. The molecule has 1 heterocycles. The number of hydrogen-bond donors (Lipinski definition) is 2. The maximum Gasteiger partial charge on any atom is 0.332 e. The Hall–Kier alpha value is -2.90. The molecule has 7 nitrogen and oxygen atoms in total. The zero-order valence-electron chi connectivity index (χ0n) is 15.6. The first kappa shape index (κ1) is 19.9. The van der Waals surface area contributed by atoms with Crippen molar-refractivity contribution in [1.29, 1.82) is 0 Å². The van der Waals surface area contributed by atoms with Crippen LogP contribution in [-0.2, 0) is 25.5 Å². The molecule has 7 heteroatoms. The summed E-state index contributed by atoms with van der Waals surface area (Å²) in [5.41, 5.74) is 1.76. The highest BCUT2D eigenvalue weighted by atomic mass is 16.5. The Kier molecular flexibility index (Phi) is 6.62. The Morgan fingerprint density at radius 2 is 1.64 bits per heavy atom. The molecular weight excluding hydrogens is 362 g/mol. The van der Waals surface area contributed by atoms with Gasteiger partial charge in [-0.2, -0.15) is 0 Å². The van der Waals surface area contributed by atoms with Crippen molar-refractivity contribution in [3.63, 3.8) is 0 Å². The van der Waals surface area contributed by atoms with Gasteiger partial charge in [-0.25, -0.2) is 4.79 Å². The molecule has 28 heavy (non-hydrogen) atoms. The van der Waals surface area contributed by atoms with E-state index in [1.165, 1.54) is 5.56 Å². The molecule has 1 amide bonds. The summed E-state index contributed by atoms with van der Waals surface area (Å²) < 4.78 is 16.1. The fourth-order valence-corrected chi connectivity index (χ4v) is 2.92. The van der Waals surface area contributed by atoms with Crippen LogP contribution >= 0.6 is 0 Å². The van der Waals surface area contributed by atoms with Crippen LogP contribution in [0, 0.1) is 0 Å². The number of hydrogen-bond acceptors (Lipinski definition) is 5. The van der Waals surface area contributed by atoms with Gasteiger partial charge in [-0.1, -0.05) is 12.1 Å². The number of ether oxygens (including phenoxy) is 3. The number of benzene rings is 2. The van der Waals surface area contributed by atoms with Gasteiger partial charge in [-0.15, -0.1) is 0 Å². The summed E-state index contributed by atoms with van der Waals surface area (Å²) in [6.45, 7) is 0.677. The number of aliphatic carboxylic acids is 1. The first-order chi connectivity index (χ1) is 13.5. The predicted octanol–water partition coefficient (Wildman–Crippen LogP) is 3.24. The Bertz CT molecular complexity index is 803. The van der Waals surface area contributed by atoms with E-state index in [0.717, 1.165) is 12.2 Å². The lowest BCUT2D eigenvalue weighted by molar-refractivity contribution is -0.150. The molecule has 3 rings (SSSR count). The van der Waals surface area contributed by atoms with E-state index in [1.54, 1.807) is 31.4 Å². The maximum atomic E-state index is 12.2. The van der Waals surface area contributed by atoms with Gasteiger partial charge >= 0.3 is 5.97 Å². The average Bonchev–Trinajstić information content (AvgIpc) is 3.20. The number of nitrogens with one attached hydrogen (secondary N) is 1. The summed E-state index contributed by atoms with van der Waals surface area (Å²) in [5.74, 6) is -0.0182. The van der Waals surface area contributed by atoms with Crippen LogP contribution in [0.1, 0.15) is 18.4 Å². The largest absolute Gasteiger partial charge is 0.479 e. The van der Waals surface area contributed by atoms with Gasteiger partial charge in [0.2, 0.25) is 0 Å². The van der Waals surface area contributed by atoms with Crippen LogP contribution in [-0.4, -0.2) is 42.9 Å². The number of amides is 1. The first-order valence-corrected chi connectivity index (χ1v) is 9.10. The smallest absolute Gasteiger partial charge is 0.332 e. The van der Waals surface area contributed by atoms with Gasteiger partial charge in [0.1, 0.15) is 17.6 Å². The first-order valence-electron chi connectivity index (χ1n) is 9.10. The molecule has 1 fully saturated rings. The van der Waals surface area contributed by atoms with E-state index in [1.807, 2.05) is 24.3 Å². The molecule has 148 valence electrons. The second-order valence-electron chi connectivity index (χ2n) is 6.53. The van der Waals surface area contributed by atoms with Crippen molar-refractivity contribution in [1.82, 2.24) is 0 Å². The molecule has 0 spiro atoms. The van der Waals surface area contributed by atoms with E-state index in [4.69, 9.17) is 19.3 Å². The number of carbonyl (C=O) groups excluding carboxylic acids is 1. The van der Waals surface area contributed by atoms with Crippen molar-refractivity contribution in [2.45, 2.75) is 31.5 Å². The van der Waals surface area contributed by atoms with Crippen LogP contribution in [0.2, 0.25) is 0 Å². The second kappa shape index (κ2) is 9.34. The fourth-order valence-electron chi connectivity index (χ4n) is 2.92. The number of methoxy groups -OCH3 is 1. The van der Waals surface area contributed by atoms with Gasteiger partial charge in [0, 0.05) is 12.8 Å². The molecule has 0 bridgehead atoms. The highest BCUT2D eigenvalue weighted by Gasteiger charge is 2.34. The Balaban J connectivity index is 1.52. The predicted molar refractivity (Wildman–Crippen MR) is 103 cm³/mol. The van der Waals surface area contributed by atoms with Crippen molar-refractivity contribution in [2.24, 2.45) is 0 Å². The molecule has 0 aromatic heterocycles. The van der Waals surface area contributed by atoms with Crippen LogP contribution in [0.15, 0.2) is 48.5 Å². The van der Waals surface area contributed by atoms with Crippen LogP contribution in [0.25, 0.3) is 0 Å². The number of carbonyl (C=O) groups is 2. The minimum Gasteiger partial charge on any atom is -0.479 e. The van der Waals surface area contributed by atoms with E-state index in [2.05, 4.69) is 5.32 Å². The van der Waals surface area contributed by atoms with E-state index >= 15 is 0 Å². The molecular formula is C21H23NO6. The van der Waals surface area contributed by atoms with Gasteiger partial charge in [-0.3, -0.25) is 4.79 Å².